The Hall–Kier alpha value is -5.36. The molecule has 2 heterocycles. The molecule has 2 N–H and O–H groups in total. The highest BCUT2D eigenvalue weighted by molar-refractivity contribution is 6.03. The van der Waals surface area contributed by atoms with E-state index in [4.69, 9.17) is 9.47 Å². The highest BCUT2D eigenvalue weighted by Crippen LogP contribution is 2.33. The first-order valence-corrected chi connectivity index (χ1v) is 16.7. The molecule has 0 radical (unpaired) electrons. The standard InChI is InChI=1S/C38H44N6O6/c1-7-49-36(46)16-15-23(3)31-18-43-34(21-40-31)38(48)44-30-14-10-13-29(25(30)5)28-12-9-11-27(24(28)4)17-35(45)33-20-41-32(19-42-33)26(6)39-22-37(47)50-8-2/h9-14,18-21,23,26,39H,7-8,15-17,22H2,1-6H3,(H,44,48). The Morgan fingerprint density at radius 1 is 0.740 bits per heavy atom. The number of aromatic nitrogens is 4. The van der Waals surface area contributed by atoms with Crippen molar-refractivity contribution in [2.45, 2.75) is 72.8 Å². The van der Waals surface area contributed by atoms with Gasteiger partial charge in [-0.15, -0.1) is 0 Å². The number of rotatable bonds is 16. The maximum Gasteiger partial charge on any atom is 0.319 e. The molecule has 2 unspecified atom stereocenters. The number of ether oxygens (including phenoxy) is 2. The molecule has 0 fully saturated rings. The van der Waals surface area contributed by atoms with Gasteiger partial charge in [0, 0.05) is 36.7 Å². The van der Waals surface area contributed by atoms with Crippen LogP contribution in [0.2, 0.25) is 0 Å². The number of carbonyl (C=O) groups is 4. The Balaban J connectivity index is 1.42. The minimum absolute atomic E-state index is 0.0210. The third-order valence-corrected chi connectivity index (χ3v) is 8.42. The van der Waals surface area contributed by atoms with E-state index in [1.54, 1.807) is 20.0 Å². The smallest absolute Gasteiger partial charge is 0.319 e. The fraction of sp³-hybridized carbons (Fsp3) is 0.368. The first-order chi connectivity index (χ1) is 24.0. The van der Waals surface area contributed by atoms with Crippen LogP contribution in [0.15, 0.2) is 61.2 Å². The summed E-state index contributed by atoms with van der Waals surface area (Å²) in [7, 11) is 0. The van der Waals surface area contributed by atoms with Crippen LogP contribution in [0.5, 0.6) is 0 Å². The van der Waals surface area contributed by atoms with Crippen molar-refractivity contribution in [2.75, 3.05) is 25.1 Å². The normalized spacial score (nSPS) is 12.1. The van der Waals surface area contributed by atoms with Gasteiger partial charge in [0.25, 0.3) is 5.91 Å². The zero-order valence-corrected chi connectivity index (χ0v) is 29.4. The van der Waals surface area contributed by atoms with Crippen LogP contribution in [-0.4, -0.2) is 63.3 Å². The largest absolute Gasteiger partial charge is 0.466 e. The van der Waals surface area contributed by atoms with Gasteiger partial charge >= 0.3 is 11.9 Å². The zero-order chi connectivity index (χ0) is 36.2. The summed E-state index contributed by atoms with van der Waals surface area (Å²) in [6.07, 6.45) is 7.00. The summed E-state index contributed by atoms with van der Waals surface area (Å²) in [6.45, 7) is 11.9. The van der Waals surface area contributed by atoms with Crippen molar-refractivity contribution in [3.8, 4) is 11.1 Å². The van der Waals surface area contributed by atoms with Crippen LogP contribution >= 0.6 is 0 Å². The van der Waals surface area contributed by atoms with Crippen LogP contribution in [0.3, 0.4) is 0 Å². The molecule has 0 bridgehead atoms. The molecule has 0 aliphatic heterocycles. The van der Waals surface area contributed by atoms with Crippen LogP contribution in [-0.2, 0) is 25.5 Å². The Morgan fingerprint density at radius 3 is 2.02 bits per heavy atom. The molecule has 0 aliphatic carbocycles. The summed E-state index contributed by atoms with van der Waals surface area (Å²) >= 11 is 0. The molecule has 0 spiro atoms. The number of nitrogens with zero attached hydrogens (tertiary/aromatic N) is 4. The Labute approximate surface area is 292 Å². The Bertz CT molecular complexity index is 1680. The van der Waals surface area contributed by atoms with Gasteiger partial charge in [0.05, 0.1) is 49.7 Å². The van der Waals surface area contributed by atoms with Crippen LogP contribution < -0.4 is 10.6 Å². The SMILES string of the molecule is CCOC(=O)CCC(C)c1cnc(C(=O)Nc2cccc(-c3cccc(CC(=O)c4cnc(C(C)NCC(=O)OCC)cn4)c3C)c2C)cn1. The number of amides is 1. The van der Waals surface area contributed by atoms with Crippen molar-refractivity contribution in [1.29, 1.82) is 0 Å². The maximum absolute atomic E-state index is 13.2. The van der Waals surface area contributed by atoms with E-state index in [1.165, 1.54) is 18.6 Å². The van der Waals surface area contributed by atoms with Crippen LogP contribution in [0.1, 0.15) is 102 Å². The van der Waals surface area contributed by atoms with Gasteiger partial charge in [-0.2, -0.15) is 0 Å². The highest BCUT2D eigenvalue weighted by Gasteiger charge is 2.18. The lowest BCUT2D eigenvalue weighted by Crippen LogP contribution is -2.28. The van der Waals surface area contributed by atoms with Gasteiger partial charge in [0.1, 0.15) is 11.4 Å². The minimum atomic E-state index is -0.393. The van der Waals surface area contributed by atoms with E-state index in [1.807, 2.05) is 64.1 Å². The Morgan fingerprint density at radius 2 is 1.36 bits per heavy atom. The van der Waals surface area contributed by atoms with E-state index in [0.29, 0.717) is 36.7 Å². The van der Waals surface area contributed by atoms with Gasteiger partial charge in [-0.25, -0.2) is 9.97 Å². The number of Topliss-reactive ketones (excluding diaryl/α,β-unsaturated/α-hetero) is 1. The number of benzene rings is 2. The van der Waals surface area contributed by atoms with E-state index in [9.17, 15) is 19.2 Å². The summed E-state index contributed by atoms with van der Waals surface area (Å²) in [5.41, 5.74) is 6.85. The van der Waals surface area contributed by atoms with Crippen molar-refractivity contribution in [3.05, 3.63) is 101 Å². The number of nitrogens with one attached hydrogen (secondary N) is 2. The van der Waals surface area contributed by atoms with Gasteiger partial charge in [0.2, 0.25) is 0 Å². The van der Waals surface area contributed by atoms with Gasteiger partial charge < -0.3 is 14.8 Å². The zero-order valence-electron chi connectivity index (χ0n) is 29.4. The summed E-state index contributed by atoms with van der Waals surface area (Å²) in [6, 6.07) is 11.2. The topological polar surface area (TPSA) is 162 Å². The molecule has 12 nitrogen and oxygen atoms in total. The molecule has 4 rings (SSSR count). The molecule has 0 saturated carbocycles. The maximum atomic E-state index is 13.2. The van der Waals surface area contributed by atoms with E-state index >= 15 is 0 Å². The molecule has 2 aromatic carbocycles. The number of carbonyl (C=O) groups excluding carboxylic acids is 4. The van der Waals surface area contributed by atoms with Gasteiger partial charge in [-0.3, -0.25) is 34.5 Å². The second-order valence-electron chi connectivity index (χ2n) is 11.9. The van der Waals surface area contributed by atoms with Gasteiger partial charge in [-0.1, -0.05) is 37.3 Å². The van der Waals surface area contributed by atoms with Gasteiger partial charge in [-0.05, 0) is 74.9 Å². The summed E-state index contributed by atoms with van der Waals surface area (Å²) in [5.74, 6) is -1.18. The Kier molecular flexibility index (Phi) is 13.4. The molecule has 2 aromatic heterocycles. The predicted octanol–water partition coefficient (Wildman–Crippen LogP) is 5.89. The van der Waals surface area contributed by atoms with Crippen molar-refractivity contribution in [3.63, 3.8) is 0 Å². The average Bonchev–Trinajstić information content (AvgIpc) is 3.12. The van der Waals surface area contributed by atoms with Crippen molar-refractivity contribution >= 4 is 29.3 Å². The molecule has 2 atom stereocenters. The number of hydrogen-bond donors (Lipinski definition) is 2. The lowest BCUT2D eigenvalue weighted by atomic mass is 9.91. The highest BCUT2D eigenvalue weighted by atomic mass is 16.5. The fourth-order valence-corrected chi connectivity index (χ4v) is 5.36. The van der Waals surface area contributed by atoms with Crippen LogP contribution in [0, 0.1) is 13.8 Å². The van der Waals surface area contributed by atoms with Crippen molar-refractivity contribution in [2.24, 2.45) is 0 Å². The molecule has 50 heavy (non-hydrogen) atoms. The quantitative estimate of drug-likeness (QED) is 0.107. The minimum Gasteiger partial charge on any atom is -0.466 e. The molecule has 0 saturated heterocycles. The molecule has 4 aromatic rings. The van der Waals surface area contributed by atoms with E-state index in [0.717, 1.165) is 27.8 Å². The van der Waals surface area contributed by atoms with Gasteiger partial charge in [0.15, 0.2) is 5.78 Å². The second-order valence-corrected chi connectivity index (χ2v) is 11.9. The third-order valence-electron chi connectivity index (χ3n) is 8.42. The molecule has 262 valence electrons. The summed E-state index contributed by atoms with van der Waals surface area (Å²) in [5, 5.41) is 6.00. The molecule has 0 aliphatic rings. The molecule has 12 heteroatoms. The number of ketones is 1. The van der Waals surface area contributed by atoms with E-state index in [-0.39, 0.29) is 60.5 Å². The number of esters is 2. The molecule has 1 amide bonds. The van der Waals surface area contributed by atoms with E-state index < -0.39 is 5.91 Å². The van der Waals surface area contributed by atoms with Crippen LogP contribution in [0.4, 0.5) is 5.69 Å². The fourth-order valence-electron chi connectivity index (χ4n) is 5.36. The average molecular weight is 681 g/mol. The second kappa shape index (κ2) is 17.9. The first kappa shape index (κ1) is 37.5. The molecular formula is C38H44N6O6. The predicted molar refractivity (Wildman–Crippen MR) is 189 cm³/mol. The lowest BCUT2D eigenvalue weighted by Gasteiger charge is -2.16. The molecular weight excluding hydrogens is 636 g/mol. The van der Waals surface area contributed by atoms with Crippen molar-refractivity contribution in [1.82, 2.24) is 25.3 Å². The van der Waals surface area contributed by atoms with Crippen LogP contribution in [0.25, 0.3) is 11.1 Å². The lowest BCUT2D eigenvalue weighted by molar-refractivity contribution is -0.143. The summed E-state index contributed by atoms with van der Waals surface area (Å²) in [4.78, 5) is 67.2. The van der Waals surface area contributed by atoms with Crippen molar-refractivity contribution < 1.29 is 28.7 Å². The number of hydrogen-bond acceptors (Lipinski definition) is 11. The first-order valence-electron chi connectivity index (χ1n) is 16.7. The third kappa shape index (κ3) is 9.85. The van der Waals surface area contributed by atoms with E-state index in [2.05, 4.69) is 30.6 Å². The monoisotopic (exact) mass is 680 g/mol. The number of anilines is 1. The summed E-state index contributed by atoms with van der Waals surface area (Å²) < 4.78 is 9.93.